The maximum Gasteiger partial charge on any atom is 0.462 e. The first-order valence-corrected chi connectivity index (χ1v) is 11.9. The molecule has 0 aliphatic rings. The van der Waals surface area contributed by atoms with Crippen LogP contribution in [0.4, 0.5) is 36.4 Å². The van der Waals surface area contributed by atoms with Crippen LogP contribution in [0.1, 0.15) is 6.42 Å². The number of benzene rings is 1. The number of para-hydroxylation sites is 1. The van der Waals surface area contributed by atoms with Crippen molar-refractivity contribution in [3.8, 4) is 0 Å². The van der Waals surface area contributed by atoms with Gasteiger partial charge in [0.25, 0.3) is 5.91 Å². The number of rotatable bonds is 10. The lowest BCUT2D eigenvalue weighted by Crippen LogP contribution is -2.54. The Labute approximate surface area is 165 Å². The molecule has 1 aromatic rings. The molecule has 0 bridgehead atoms. The van der Waals surface area contributed by atoms with Crippen molar-refractivity contribution in [3.05, 3.63) is 42.6 Å². The van der Waals surface area contributed by atoms with E-state index in [0.29, 0.717) is 12.5 Å². The number of amides is 1. The fourth-order valence-corrected chi connectivity index (χ4v) is 3.56. The number of hydrogen-bond acceptors (Lipinski definition) is 2. The Morgan fingerprint density at radius 2 is 1.66 bits per heavy atom. The van der Waals surface area contributed by atoms with Crippen molar-refractivity contribution in [2.24, 2.45) is 0 Å². The van der Waals surface area contributed by atoms with Crippen LogP contribution in [-0.2, 0) is 9.53 Å². The monoisotopic (exact) mass is 445 g/mol. The Kier molecular flexibility index (Phi) is 8.06. The second kappa shape index (κ2) is 9.29. The van der Waals surface area contributed by atoms with Gasteiger partial charge >= 0.3 is 18.2 Å². The van der Waals surface area contributed by atoms with Crippen LogP contribution in [0.15, 0.2) is 42.6 Å². The molecule has 29 heavy (non-hydrogen) atoms. The molecule has 1 aromatic carbocycles. The van der Waals surface area contributed by atoms with Crippen molar-refractivity contribution in [2.45, 2.75) is 43.8 Å². The molecule has 0 heterocycles. The van der Waals surface area contributed by atoms with Gasteiger partial charge in [0.05, 0.1) is 8.07 Å². The van der Waals surface area contributed by atoms with Crippen LogP contribution < -0.4 is 4.90 Å². The quantitative estimate of drug-likeness (QED) is 0.344. The van der Waals surface area contributed by atoms with Crippen LogP contribution in [0.5, 0.6) is 0 Å². The summed E-state index contributed by atoms with van der Waals surface area (Å²) in [6, 6.07) is 8.42. The van der Waals surface area contributed by atoms with Gasteiger partial charge in [0, 0.05) is 12.2 Å². The molecule has 0 saturated carbocycles. The van der Waals surface area contributed by atoms with Crippen LogP contribution in [0.3, 0.4) is 0 Å². The number of halogens is 7. The van der Waals surface area contributed by atoms with Crippen LogP contribution >= 0.6 is 0 Å². The van der Waals surface area contributed by atoms with E-state index in [9.17, 15) is 35.5 Å². The third-order valence-electron chi connectivity index (χ3n) is 4.22. The van der Waals surface area contributed by atoms with Gasteiger partial charge in [-0.05, 0) is 18.6 Å². The van der Waals surface area contributed by atoms with Gasteiger partial charge in [0.2, 0.25) is 0 Å². The smallest absolute Gasteiger partial charge is 0.310 e. The molecule has 0 N–H and O–H groups in total. The van der Waals surface area contributed by atoms with Gasteiger partial charge in [-0.25, -0.2) is 0 Å². The summed E-state index contributed by atoms with van der Waals surface area (Å²) < 4.78 is 92.5. The van der Waals surface area contributed by atoms with Crippen molar-refractivity contribution >= 4 is 19.7 Å². The topological polar surface area (TPSA) is 29.5 Å². The van der Waals surface area contributed by atoms with E-state index in [1.165, 1.54) is 12.1 Å². The van der Waals surface area contributed by atoms with Crippen LogP contribution in [0.2, 0.25) is 19.1 Å². The number of carbonyl (C=O) groups excluding carboxylic acids is 1. The van der Waals surface area contributed by atoms with Crippen molar-refractivity contribution in [2.75, 3.05) is 18.1 Å². The standard InChI is InChI=1S/C18H22F7NO2Si/c1-4-29(2,3)12-8-11-26(14-9-6-5-7-10-14)15(27)13-28-18(24,25)16(19,20)17(21,22)23/h4-7,9-10H,1,8,11-13H2,2-3H3. The first-order valence-electron chi connectivity index (χ1n) is 8.60. The van der Waals surface area contributed by atoms with Crippen molar-refractivity contribution < 1.29 is 40.3 Å². The molecule has 0 spiro atoms. The molecule has 0 saturated heterocycles. The zero-order chi connectivity index (χ0) is 22.5. The molecule has 0 unspecified atom stereocenters. The minimum atomic E-state index is -6.53. The summed E-state index contributed by atoms with van der Waals surface area (Å²) >= 11 is 0. The van der Waals surface area contributed by atoms with Gasteiger partial charge in [-0.15, -0.1) is 12.3 Å². The number of nitrogens with zero attached hydrogens (tertiary/aromatic N) is 1. The molecule has 0 fully saturated rings. The third-order valence-corrected chi connectivity index (χ3v) is 6.97. The minimum Gasteiger partial charge on any atom is -0.310 e. The normalized spacial score (nSPS) is 13.3. The lowest BCUT2D eigenvalue weighted by atomic mass is 10.2. The Balaban J connectivity index is 2.91. The summed E-state index contributed by atoms with van der Waals surface area (Å²) in [7, 11) is -1.72. The number of carbonyl (C=O) groups is 1. The molecular formula is C18H22F7NO2Si. The first-order chi connectivity index (χ1) is 13.1. The van der Waals surface area contributed by atoms with Gasteiger partial charge in [0.1, 0.15) is 6.61 Å². The van der Waals surface area contributed by atoms with Crippen molar-refractivity contribution in [1.82, 2.24) is 0 Å². The number of anilines is 1. The zero-order valence-corrected chi connectivity index (χ0v) is 16.9. The highest BCUT2D eigenvalue weighted by atomic mass is 28.3. The lowest BCUT2D eigenvalue weighted by Gasteiger charge is -2.29. The van der Waals surface area contributed by atoms with E-state index in [-0.39, 0.29) is 12.2 Å². The second-order valence-corrected chi connectivity index (χ2v) is 11.9. The molecular weight excluding hydrogens is 423 g/mol. The van der Waals surface area contributed by atoms with Crippen LogP contribution in [-0.4, -0.2) is 45.3 Å². The predicted molar refractivity (Wildman–Crippen MR) is 97.8 cm³/mol. The molecule has 11 heteroatoms. The van der Waals surface area contributed by atoms with E-state index >= 15 is 0 Å². The molecule has 164 valence electrons. The van der Waals surface area contributed by atoms with E-state index in [2.05, 4.69) is 11.3 Å². The maximum atomic E-state index is 13.3. The third kappa shape index (κ3) is 6.56. The first kappa shape index (κ1) is 25.2. The summed E-state index contributed by atoms with van der Waals surface area (Å²) in [4.78, 5) is 13.3. The highest BCUT2D eigenvalue weighted by Crippen LogP contribution is 2.46. The van der Waals surface area contributed by atoms with Crippen molar-refractivity contribution in [3.63, 3.8) is 0 Å². The van der Waals surface area contributed by atoms with E-state index in [0.717, 1.165) is 4.90 Å². The van der Waals surface area contributed by atoms with Gasteiger partial charge in [-0.1, -0.05) is 37.3 Å². The Morgan fingerprint density at radius 1 is 1.10 bits per heavy atom. The van der Waals surface area contributed by atoms with E-state index in [4.69, 9.17) is 0 Å². The summed E-state index contributed by atoms with van der Waals surface area (Å²) in [6.07, 6.45) is -12.0. The Bertz CT molecular complexity index is 693. The SMILES string of the molecule is C=C[Si](C)(C)CCCN(C(=O)COC(F)(F)C(F)(F)C(F)(F)F)c1ccccc1. The molecule has 0 aliphatic carbocycles. The molecule has 0 radical (unpaired) electrons. The number of alkyl halides is 7. The zero-order valence-electron chi connectivity index (χ0n) is 15.9. The molecule has 1 amide bonds. The minimum absolute atomic E-state index is 0.0533. The van der Waals surface area contributed by atoms with Gasteiger partial charge in [-0.2, -0.15) is 30.7 Å². The molecule has 0 atom stereocenters. The average molecular weight is 445 g/mol. The fourth-order valence-electron chi connectivity index (χ4n) is 2.29. The number of hydrogen-bond donors (Lipinski definition) is 0. The summed E-state index contributed by atoms with van der Waals surface area (Å²) in [5, 5.41) is 0. The lowest BCUT2D eigenvalue weighted by molar-refractivity contribution is -0.421. The highest BCUT2D eigenvalue weighted by Gasteiger charge is 2.74. The Morgan fingerprint density at radius 3 is 2.14 bits per heavy atom. The molecule has 0 aromatic heterocycles. The average Bonchev–Trinajstić information content (AvgIpc) is 2.63. The van der Waals surface area contributed by atoms with Crippen LogP contribution in [0.25, 0.3) is 0 Å². The fraction of sp³-hybridized carbons (Fsp3) is 0.500. The van der Waals surface area contributed by atoms with Gasteiger partial charge in [0.15, 0.2) is 0 Å². The summed E-state index contributed by atoms with van der Waals surface area (Å²) in [5.74, 6) is -7.59. The summed E-state index contributed by atoms with van der Waals surface area (Å²) in [5.41, 5.74) is 2.12. The van der Waals surface area contributed by atoms with Crippen molar-refractivity contribution in [1.29, 1.82) is 0 Å². The molecule has 3 nitrogen and oxygen atoms in total. The van der Waals surface area contributed by atoms with Gasteiger partial charge < -0.3 is 9.64 Å². The van der Waals surface area contributed by atoms with E-state index in [1.807, 2.05) is 18.8 Å². The second-order valence-electron chi connectivity index (χ2n) is 7.05. The number of ether oxygens (including phenoxy) is 1. The van der Waals surface area contributed by atoms with Gasteiger partial charge in [-0.3, -0.25) is 4.79 Å². The van der Waals surface area contributed by atoms with E-state index < -0.39 is 38.8 Å². The maximum absolute atomic E-state index is 13.3. The largest absolute Gasteiger partial charge is 0.462 e. The molecule has 1 rings (SSSR count). The van der Waals surface area contributed by atoms with E-state index in [1.54, 1.807) is 18.2 Å². The van der Waals surface area contributed by atoms with Crippen LogP contribution in [0, 0.1) is 0 Å². The summed E-state index contributed by atoms with van der Waals surface area (Å²) in [6.45, 7) is 6.20. The Hall–Kier alpha value is -1.88. The predicted octanol–water partition coefficient (Wildman–Crippen LogP) is 5.65. The molecule has 0 aliphatic heterocycles. The highest BCUT2D eigenvalue weighted by molar-refractivity contribution is 6.82.